The maximum Gasteiger partial charge on any atom is 0.265 e. The smallest absolute Gasteiger partial charge is 0.265 e. The van der Waals surface area contributed by atoms with Gasteiger partial charge < -0.3 is 24.4 Å². The van der Waals surface area contributed by atoms with Crippen LogP contribution in [0.1, 0.15) is 22.5 Å². The Hall–Kier alpha value is -2.01. The molecule has 0 spiro atoms. The normalized spacial score (nSPS) is 20.2. The van der Waals surface area contributed by atoms with Gasteiger partial charge in [0.25, 0.3) is 5.91 Å². The van der Waals surface area contributed by atoms with E-state index < -0.39 is 0 Å². The minimum atomic E-state index is -0.280. The fourth-order valence-corrected chi connectivity index (χ4v) is 5.80. The number of benzene rings is 1. The van der Waals surface area contributed by atoms with Crippen LogP contribution in [-0.2, 0) is 0 Å². The Balaban J connectivity index is 1.14. The lowest BCUT2D eigenvalue weighted by molar-refractivity contribution is 0.0550. The van der Waals surface area contributed by atoms with Crippen molar-refractivity contribution < 1.29 is 19.4 Å². The number of thiazole rings is 1. The molecule has 0 atom stereocenters. The van der Waals surface area contributed by atoms with Crippen LogP contribution in [0.25, 0.3) is 0 Å². The molecule has 0 aliphatic carbocycles. The molecule has 0 saturated carbocycles. The largest absolute Gasteiger partial charge is 0.486 e. The van der Waals surface area contributed by atoms with Crippen molar-refractivity contribution in [1.82, 2.24) is 14.2 Å². The van der Waals surface area contributed by atoms with Gasteiger partial charge in [0.1, 0.15) is 18.1 Å². The second-order valence-electron chi connectivity index (χ2n) is 7.84. The molecule has 0 radical (unpaired) electrons. The van der Waals surface area contributed by atoms with E-state index in [9.17, 15) is 9.90 Å². The molecule has 1 N–H and O–H groups in total. The van der Waals surface area contributed by atoms with E-state index in [1.165, 1.54) is 11.3 Å². The maximum absolute atomic E-state index is 12.7. The Bertz CT molecular complexity index is 924. The Morgan fingerprint density at radius 2 is 1.81 bits per heavy atom. The number of rotatable bonds is 4. The van der Waals surface area contributed by atoms with Gasteiger partial charge in [0, 0.05) is 44.2 Å². The molecule has 31 heavy (non-hydrogen) atoms. The summed E-state index contributed by atoms with van der Waals surface area (Å²) in [5, 5.41) is 10.6. The van der Waals surface area contributed by atoms with Gasteiger partial charge in [-0.1, -0.05) is 11.3 Å². The number of anilines is 1. The van der Waals surface area contributed by atoms with Gasteiger partial charge in [-0.05, 0) is 43.0 Å². The van der Waals surface area contributed by atoms with Crippen molar-refractivity contribution in [2.45, 2.75) is 23.8 Å². The zero-order valence-electron chi connectivity index (χ0n) is 17.2. The van der Waals surface area contributed by atoms with E-state index in [1.54, 1.807) is 18.1 Å². The lowest BCUT2D eigenvalue weighted by Gasteiger charge is -2.33. The van der Waals surface area contributed by atoms with Crippen LogP contribution >= 0.6 is 23.3 Å². The number of hydrogen-bond acceptors (Lipinski definition) is 9. The lowest BCUT2D eigenvalue weighted by atomic mass is 10.1. The molecule has 5 rings (SSSR count). The minimum Gasteiger partial charge on any atom is -0.486 e. The Morgan fingerprint density at radius 3 is 2.58 bits per heavy atom. The van der Waals surface area contributed by atoms with E-state index in [2.05, 4.69) is 20.3 Å². The summed E-state index contributed by atoms with van der Waals surface area (Å²) < 4.78 is 13.6. The zero-order valence-corrected chi connectivity index (χ0v) is 18.9. The van der Waals surface area contributed by atoms with E-state index in [1.807, 2.05) is 17.0 Å². The van der Waals surface area contributed by atoms with Crippen LogP contribution in [0.3, 0.4) is 0 Å². The van der Waals surface area contributed by atoms with E-state index >= 15 is 0 Å². The Morgan fingerprint density at radius 1 is 1.06 bits per heavy atom. The molecule has 166 valence electrons. The second-order valence-corrected chi connectivity index (χ2v) is 10.0. The summed E-state index contributed by atoms with van der Waals surface area (Å²) in [5.41, 5.74) is 0. The molecule has 1 aromatic heterocycles. The predicted octanol–water partition coefficient (Wildman–Crippen LogP) is 2.34. The van der Waals surface area contributed by atoms with Crippen molar-refractivity contribution in [2.75, 3.05) is 57.4 Å². The Labute approximate surface area is 189 Å². The molecule has 2 aromatic rings. The van der Waals surface area contributed by atoms with Gasteiger partial charge >= 0.3 is 0 Å². The summed E-state index contributed by atoms with van der Waals surface area (Å²) in [6.07, 6.45) is 2.72. The number of carbonyl (C=O) groups is 1. The van der Waals surface area contributed by atoms with Crippen molar-refractivity contribution >= 4 is 34.3 Å². The summed E-state index contributed by atoms with van der Waals surface area (Å²) >= 11 is 3.20. The molecular formula is C21H26N4O4S2. The van der Waals surface area contributed by atoms with Gasteiger partial charge in [-0.2, -0.15) is 0 Å². The molecule has 1 aromatic carbocycles. The SMILES string of the molecule is O=C(c1cnc(N2CCN(Sc3ccc4c(c3)OCCO4)CC2)s1)N1CCC(O)CC1. The van der Waals surface area contributed by atoms with Gasteiger partial charge in [-0.15, -0.1) is 0 Å². The highest BCUT2D eigenvalue weighted by molar-refractivity contribution is 7.97. The number of aliphatic hydroxyl groups excluding tert-OH is 1. The molecule has 10 heteroatoms. The number of aromatic nitrogens is 1. The molecule has 3 aliphatic rings. The minimum absolute atomic E-state index is 0.0310. The van der Waals surface area contributed by atoms with Crippen molar-refractivity contribution in [1.29, 1.82) is 0 Å². The Kier molecular flexibility index (Phi) is 6.22. The number of nitrogens with zero attached hydrogens (tertiary/aromatic N) is 4. The molecular weight excluding hydrogens is 436 g/mol. The van der Waals surface area contributed by atoms with E-state index in [0.29, 0.717) is 44.0 Å². The van der Waals surface area contributed by atoms with Crippen LogP contribution in [0, 0.1) is 0 Å². The van der Waals surface area contributed by atoms with Gasteiger partial charge in [0.15, 0.2) is 16.6 Å². The van der Waals surface area contributed by atoms with Crippen molar-refractivity contribution in [3.05, 3.63) is 29.3 Å². The molecule has 3 aliphatic heterocycles. The maximum atomic E-state index is 12.7. The number of fused-ring (bicyclic) bond motifs is 1. The first-order valence-electron chi connectivity index (χ1n) is 10.7. The highest BCUT2D eigenvalue weighted by Gasteiger charge is 2.26. The third-order valence-corrected chi connectivity index (χ3v) is 7.85. The van der Waals surface area contributed by atoms with Gasteiger partial charge in [0.05, 0.1) is 12.3 Å². The molecule has 0 unspecified atom stereocenters. The van der Waals surface area contributed by atoms with Gasteiger partial charge in [-0.3, -0.25) is 4.79 Å². The summed E-state index contributed by atoms with van der Waals surface area (Å²) in [5.74, 6) is 1.66. The zero-order chi connectivity index (χ0) is 21.2. The highest BCUT2D eigenvalue weighted by atomic mass is 32.2. The quantitative estimate of drug-likeness (QED) is 0.694. The first kappa shape index (κ1) is 20.9. The fourth-order valence-electron chi connectivity index (χ4n) is 3.93. The molecule has 2 saturated heterocycles. The monoisotopic (exact) mass is 462 g/mol. The molecule has 2 fully saturated rings. The number of ether oxygens (including phenoxy) is 2. The van der Waals surface area contributed by atoms with Crippen molar-refractivity contribution in [3.63, 3.8) is 0 Å². The van der Waals surface area contributed by atoms with Crippen LogP contribution in [0.2, 0.25) is 0 Å². The third kappa shape index (κ3) is 4.77. The van der Waals surface area contributed by atoms with Crippen molar-refractivity contribution in [3.8, 4) is 11.5 Å². The van der Waals surface area contributed by atoms with Crippen LogP contribution < -0.4 is 14.4 Å². The third-order valence-electron chi connectivity index (χ3n) is 5.71. The number of carbonyl (C=O) groups excluding carboxylic acids is 1. The first-order valence-corrected chi connectivity index (χ1v) is 12.3. The van der Waals surface area contributed by atoms with E-state index in [-0.39, 0.29) is 12.0 Å². The predicted molar refractivity (Wildman–Crippen MR) is 120 cm³/mol. The van der Waals surface area contributed by atoms with E-state index in [0.717, 1.165) is 47.7 Å². The lowest BCUT2D eigenvalue weighted by Crippen LogP contribution is -2.43. The number of amides is 1. The van der Waals surface area contributed by atoms with Crippen LogP contribution in [0.15, 0.2) is 29.3 Å². The molecule has 4 heterocycles. The number of piperidine rings is 1. The number of piperazine rings is 1. The van der Waals surface area contributed by atoms with Crippen molar-refractivity contribution in [2.24, 2.45) is 0 Å². The topological polar surface area (TPSA) is 78.4 Å². The van der Waals surface area contributed by atoms with Gasteiger partial charge in [0.2, 0.25) is 0 Å². The summed E-state index contributed by atoms with van der Waals surface area (Å²) in [6.45, 7) is 5.98. The fraction of sp³-hybridized carbons (Fsp3) is 0.524. The summed E-state index contributed by atoms with van der Waals surface area (Å²) in [4.78, 5) is 23.1. The first-order chi connectivity index (χ1) is 15.2. The summed E-state index contributed by atoms with van der Waals surface area (Å²) in [6, 6.07) is 6.09. The van der Waals surface area contributed by atoms with Crippen LogP contribution in [0.5, 0.6) is 11.5 Å². The van der Waals surface area contributed by atoms with Gasteiger partial charge in [-0.25, -0.2) is 9.29 Å². The average molecular weight is 463 g/mol. The number of aliphatic hydroxyl groups is 1. The average Bonchev–Trinajstić information content (AvgIpc) is 3.30. The summed E-state index contributed by atoms with van der Waals surface area (Å²) in [7, 11) is 0. The standard InChI is InChI=1S/C21H26N4O4S2/c26-15-3-5-23(6-4-15)20(27)19-14-22-21(30-19)24-7-9-25(10-8-24)31-16-1-2-17-18(13-16)29-12-11-28-17/h1-2,13-15,26H,3-12H2. The molecule has 0 bridgehead atoms. The molecule has 1 amide bonds. The van der Waals surface area contributed by atoms with E-state index in [4.69, 9.17) is 9.47 Å². The molecule has 8 nitrogen and oxygen atoms in total. The number of hydrogen-bond donors (Lipinski definition) is 1. The van der Waals surface area contributed by atoms with Crippen LogP contribution in [-0.4, -0.2) is 83.8 Å². The second kappa shape index (κ2) is 9.23. The van der Waals surface area contributed by atoms with Crippen LogP contribution in [0.4, 0.5) is 5.13 Å². The highest BCUT2D eigenvalue weighted by Crippen LogP contribution is 2.36. The number of likely N-dealkylation sites (tertiary alicyclic amines) is 1.